The Bertz CT molecular complexity index is 422. The molecule has 18 heavy (non-hydrogen) atoms. The molecule has 0 saturated carbocycles. The lowest BCUT2D eigenvalue weighted by Crippen LogP contribution is -2.37. The third-order valence-electron chi connectivity index (χ3n) is 3.46. The first-order chi connectivity index (χ1) is 8.72. The fourth-order valence-corrected chi connectivity index (χ4v) is 2.72. The van der Waals surface area contributed by atoms with Crippen LogP contribution in [-0.4, -0.2) is 34.8 Å². The molecule has 98 valence electrons. The van der Waals surface area contributed by atoms with Gasteiger partial charge in [-0.15, -0.1) is 0 Å². The van der Waals surface area contributed by atoms with Gasteiger partial charge in [-0.1, -0.05) is 12.2 Å². The summed E-state index contributed by atoms with van der Waals surface area (Å²) in [6.45, 7) is 2.21. The van der Waals surface area contributed by atoms with Crippen molar-refractivity contribution >= 4 is 22.9 Å². The van der Waals surface area contributed by atoms with Gasteiger partial charge in [-0.05, 0) is 31.2 Å². The van der Waals surface area contributed by atoms with Gasteiger partial charge in [0.05, 0.1) is 11.9 Å². The molecule has 1 atom stereocenters. The Labute approximate surface area is 113 Å². The summed E-state index contributed by atoms with van der Waals surface area (Å²) in [5.74, 6) is 0.545. The van der Waals surface area contributed by atoms with E-state index in [1.165, 1.54) is 6.42 Å². The highest BCUT2D eigenvalue weighted by Gasteiger charge is 2.22. The molecule has 0 radical (unpaired) electrons. The SMILES string of the molecule is NC(=S)c1ccncc1N1CCCC(CCO)C1. The maximum Gasteiger partial charge on any atom is 0.106 e. The highest BCUT2D eigenvalue weighted by atomic mass is 32.1. The number of nitrogens with two attached hydrogens (primary N) is 1. The van der Waals surface area contributed by atoms with Crippen molar-refractivity contribution in [1.29, 1.82) is 0 Å². The average molecular weight is 265 g/mol. The topological polar surface area (TPSA) is 62.4 Å². The number of hydrogen-bond donors (Lipinski definition) is 2. The van der Waals surface area contributed by atoms with E-state index in [0.29, 0.717) is 10.9 Å². The molecule has 1 saturated heterocycles. The minimum Gasteiger partial charge on any atom is -0.396 e. The van der Waals surface area contributed by atoms with E-state index in [0.717, 1.165) is 37.2 Å². The van der Waals surface area contributed by atoms with E-state index in [2.05, 4.69) is 9.88 Å². The maximum atomic E-state index is 9.05. The van der Waals surface area contributed by atoms with Crippen molar-refractivity contribution in [3.8, 4) is 0 Å². The predicted octanol–water partition coefficient (Wildman–Crippen LogP) is 1.31. The smallest absolute Gasteiger partial charge is 0.106 e. The molecule has 0 bridgehead atoms. The van der Waals surface area contributed by atoms with E-state index >= 15 is 0 Å². The van der Waals surface area contributed by atoms with E-state index < -0.39 is 0 Å². The Kier molecular flexibility index (Phi) is 4.49. The number of piperidine rings is 1. The molecule has 2 heterocycles. The quantitative estimate of drug-likeness (QED) is 0.804. The van der Waals surface area contributed by atoms with Gasteiger partial charge in [0.1, 0.15) is 4.99 Å². The van der Waals surface area contributed by atoms with Crippen LogP contribution in [0.2, 0.25) is 0 Å². The molecule has 1 aliphatic rings. The number of anilines is 1. The normalized spacial score (nSPS) is 19.8. The lowest BCUT2D eigenvalue weighted by atomic mass is 9.94. The molecule has 0 aliphatic carbocycles. The van der Waals surface area contributed by atoms with E-state index in [4.69, 9.17) is 23.1 Å². The monoisotopic (exact) mass is 265 g/mol. The Hall–Kier alpha value is -1.20. The third kappa shape index (κ3) is 2.97. The summed E-state index contributed by atoms with van der Waals surface area (Å²) < 4.78 is 0. The van der Waals surface area contributed by atoms with Crippen molar-refractivity contribution in [2.45, 2.75) is 19.3 Å². The van der Waals surface area contributed by atoms with Crippen molar-refractivity contribution in [2.75, 3.05) is 24.6 Å². The Morgan fingerprint density at radius 2 is 2.44 bits per heavy atom. The van der Waals surface area contributed by atoms with E-state index in [1.54, 1.807) is 6.20 Å². The average Bonchev–Trinajstić information content (AvgIpc) is 2.39. The summed E-state index contributed by atoms with van der Waals surface area (Å²) in [6, 6.07) is 1.87. The van der Waals surface area contributed by atoms with Gasteiger partial charge in [-0.25, -0.2) is 0 Å². The molecular formula is C13H19N3OS. The van der Waals surface area contributed by atoms with Crippen molar-refractivity contribution in [3.63, 3.8) is 0 Å². The molecule has 4 nitrogen and oxygen atoms in total. The van der Waals surface area contributed by atoms with Gasteiger partial charge in [-0.3, -0.25) is 4.98 Å². The summed E-state index contributed by atoms with van der Waals surface area (Å²) >= 11 is 5.08. The van der Waals surface area contributed by atoms with Crippen LogP contribution >= 0.6 is 12.2 Å². The number of aliphatic hydroxyl groups is 1. The van der Waals surface area contributed by atoms with Crippen LogP contribution in [-0.2, 0) is 0 Å². The molecule has 3 N–H and O–H groups in total. The van der Waals surface area contributed by atoms with Crippen LogP contribution in [0.1, 0.15) is 24.8 Å². The summed E-state index contributed by atoms with van der Waals surface area (Å²) in [4.78, 5) is 6.86. The number of hydrogen-bond acceptors (Lipinski definition) is 4. The number of thiocarbonyl (C=S) groups is 1. The summed E-state index contributed by atoms with van der Waals surface area (Å²) in [6.07, 6.45) is 6.72. The molecule has 1 unspecified atom stereocenters. The van der Waals surface area contributed by atoms with Crippen LogP contribution in [0.5, 0.6) is 0 Å². The zero-order valence-electron chi connectivity index (χ0n) is 10.4. The second-order valence-corrected chi connectivity index (χ2v) is 5.16. The van der Waals surface area contributed by atoms with Gasteiger partial charge in [-0.2, -0.15) is 0 Å². The second kappa shape index (κ2) is 6.11. The lowest BCUT2D eigenvalue weighted by molar-refractivity contribution is 0.244. The van der Waals surface area contributed by atoms with Crippen molar-refractivity contribution in [2.24, 2.45) is 11.7 Å². The Morgan fingerprint density at radius 3 is 3.17 bits per heavy atom. The first-order valence-corrected chi connectivity index (χ1v) is 6.73. The number of aromatic nitrogens is 1. The van der Waals surface area contributed by atoms with Crippen molar-refractivity contribution in [3.05, 3.63) is 24.0 Å². The second-order valence-electron chi connectivity index (χ2n) is 4.72. The first kappa shape index (κ1) is 13.2. The van der Waals surface area contributed by atoms with Gasteiger partial charge in [0, 0.05) is 31.5 Å². The van der Waals surface area contributed by atoms with Crippen LogP contribution in [0, 0.1) is 5.92 Å². The summed E-state index contributed by atoms with van der Waals surface area (Å²) in [5.41, 5.74) is 7.67. The maximum absolute atomic E-state index is 9.05. The van der Waals surface area contributed by atoms with Crippen LogP contribution < -0.4 is 10.6 Å². The molecule has 1 fully saturated rings. The molecule has 1 aromatic rings. The van der Waals surface area contributed by atoms with Crippen molar-refractivity contribution < 1.29 is 5.11 Å². The molecular weight excluding hydrogens is 246 g/mol. The van der Waals surface area contributed by atoms with Gasteiger partial charge < -0.3 is 15.7 Å². The molecule has 0 amide bonds. The molecule has 1 aliphatic heterocycles. The van der Waals surface area contributed by atoms with Gasteiger partial charge in [0.2, 0.25) is 0 Å². The lowest BCUT2D eigenvalue weighted by Gasteiger charge is -2.35. The molecule has 1 aromatic heterocycles. The zero-order valence-corrected chi connectivity index (χ0v) is 11.2. The minimum atomic E-state index is 0.258. The third-order valence-corrected chi connectivity index (χ3v) is 3.68. The summed E-state index contributed by atoms with van der Waals surface area (Å²) in [5, 5.41) is 9.05. The molecule has 0 aromatic carbocycles. The predicted molar refractivity (Wildman–Crippen MR) is 76.8 cm³/mol. The Morgan fingerprint density at radius 1 is 1.61 bits per heavy atom. The number of rotatable bonds is 4. The van der Waals surface area contributed by atoms with Gasteiger partial charge >= 0.3 is 0 Å². The fourth-order valence-electron chi connectivity index (χ4n) is 2.55. The number of nitrogens with zero attached hydrogens (tertiary/aromatic N) is 2. The largest absolute Gasteiger partial charge is 0.396 e. The minimum absolute atomic E-state index is 0.258. The highest BCUT2D eigenvalue weighted by Crippen LogP contribution is 2.26. The van der Waals surface area contributed by atoms with E-state index in [9.17, 15) is 0 Å². The van der Waals surface area contributed by atoms with Crippen LogP contribution in [0.25, 0.3) is 0 Å². The number of aliphatic hydroxyl groups excluding tert-OH is 1. The summed E-state index contributed by atoms with van der Waals surface area (Å²) in [7, 11) is 0. The van der Waals surface area contributed by atoms with Gasteiger partial charge in [0.15, 0.2) is 0 Å². The Balaban J connectivity index is 2.18. The number of pyridine rings is 1. The standard InChI is InChI=1S/C13H19N3OS/c14-13(18)11-3-5-15-8-12(11)16-6-1-2-10(9-16)4-7-17/h3,5,8,10,17H,1-2,4,6-7,9H2,(H2,14,18). The highest BCUT2D eigenvalue weighted by molar-refractivity contribution is 7.80. The molecule has 0 spiro atoms. The van der Waals surface area contributed by atoms with Crippen LogP contribution in [0.15, 0.2) is 18.5 Å². The fraction of sp³-hybridized carbons (Fsp3) is 0.538. The van der Waals surface area contributed by atoms with Gasteiger partial charge in [0.25, 0.3) is 0 Å². The first-order valence-electron chi connectivity index (χ1n) is 6.32. The van der Waals surface area contributed by atoms with Crippen LogP contribution in [0.3, 0.4) is 0 Å². The van der Waals surface area contributed by atoms with Crippen molar-refractivity contribution in [1.82, 2.24) is 4.98 Å². The van der Waals surface area contributed by atoms with Crippen LogP contribution in [0.4, 0.5) is 5.69 Å². The molecule has 2 rings (SSSR count). The van der Waals surface area contributed by atoms with E-state index in [-0.39, 0.29) is 6.61 Å². The van der Waals surface area contributed by atoms with E-state index in [1.807, 2.05) is 12.3 Å². The molecule has 5 heteroatoms. The zero-order chi connectivity index (χ0) is 13.0.